The monoisotopic (exact) mass is 243 g/mol. The fourth-order valence-corrected chi connectivity index (χ4v) is 1.01. The summed E-state index contributed by atoms with van der Waals surface area (Å²) in [5.41, 5.74) is -1.07. The Morgan fingerprint density at radius 3 is 2.38 bits per heavy atom. The van der Waals surface area contributed by atoms with Gasteiger partial charge in [-0.25, -0.2) is 13.8 Å². The molecule has 0 unspecified atom stereocenters. The molecule has 0 aliphatic carbocycles. The van der Waals surface area contributed by atoms with Gasteiger partial charge in [-0.15, -0.1) is 13.2 Å². The molecule has 1 aromatic heterocycles. The molecule has 1 heterocycles. The number of aryl methyl sites for hydroxylation is 1. The van der Waals surface area contributed by atoms with Crippen LogP contribution in [0, 0.1) is 6.92 Å². The van der Waals surface area contributed by atoms with E-state index in [0.29, 0.717) is 0 Å². The Balaban J connectivity index is 3.19. The molecule has 1 N–H and O–H groups in total. The van der Waals surface area contributed by atoms with Crippen molar-refractivity contribution in [3.63, 3.8) is 0 Å². The number of aromatic nitrogens is 1. The highest BCUT2D eigenvalue weighted by Gasteiger charge is 2.34. The number of pyridine rings is 1. The van der Waals surface area contributed by atoms with Gasteiger partial charge >= 0.3 is 6.36 Å². The molecule has 90 valence electrons. The summed E-state index contributed by atoms with van der Waals surface area (Å²) in [6, 6.07) is 0.781. The summed E-state index contributed by atoms with van der Waals surface area (Å²) < 4.78 is 63.4. The average Bonchev–Trinajstić information content (AvgIpc) is 2.07. The van der Waals surface area contributed by atoms with Crippen LogP contribution < -0.4 is 4.74 Å². The molecule has 0 bridgehead atoms. The zero-order chi connectivity index (χ0) is 12.5. The van der Waals surface area contributed by atoms with Crippen molar-refractivity contribution >= 4 is 0 Å². The second-order valence-corrected chi connectivity index (χ2v) is 2.86. The maximum atomic E-state index is 12.3. The molecule has 1 aromatic rings. The van der Waals surface area contributed by atoms with Gasteiger partial charge in [0, 0.05) is 5.69 Å². The zero-order valence-electron chi connectivity index (χ0n) is 7.85. The molecule has 16 heavy (non-hydrogen) atoms. The zero-order valence-corrected chi connectivity index (χ0v) is 7.85. The highest BCUT2D eigenvalue weighted by atomic mass is 19.4. The number of nitrogens with zero attached hydrogens (tertiary/aromatic N) is 1. The van der Waals surface area contributed by atoms with Crippen molar-refractivity contribution in [1.82, 2.24) is 4.98 Å². The summed E-state index contributed by atoms with van der Waals surface area (Å²) in [7, 11) is 0. The van der Waals surface area contributed by atoms with Gasteiger partial charge in [-0.3, -0.25) is 0 Å². The first kappa shape index (κ1) is 12.5. The Morgan fingerprint density at radius 2 is 1.94 bits per heavy atom. The van der Waals surface area contributed by atoms with E-state index in [2.05, 4.69) is 9.72 Å². The van der Waals surface area contributed by atoms with Gasteiger partial charge in [-0.2, -0.15) is 0 Å². The fraction of sp³-hybridized carbons (Fsp3) is 0.375. The van der Waals surface area contributed by atoms with E-state index in [1.54, 1.807) is 0 Å². The lowest BCUT2D eigenvalue weighted by molar-refractivity contribution is -0.276. The van der Waals surface area contributed by atoms with Crippen molar-refractivity contribution in [2.45, 2.75) is 19.7 Å². The van der Waals surface area contributed by atoms with Gasteiger partial charge in [-0.05, 0) is 13.0 Å². The molecule has 1 rings (SSSR count). The molecule has 0 atom stereocenters. The van der Waals surface area contributed by atoms with E-state index in [1.807, 2.05) is 0 Å². The van der Waals surface area contributed by atoms with Crippen LogP contribution in [0.4, 0.5) is 22.0 Å². The molecule has 0 fully saturated rings. The number of ether oxygens (including phenoxy) is 1. The summed E-state index contributed by atoms with van der Waals surface area (Å²) >= 11 is 0. The summed E-state index contributed by atoms with van der Waals surface area (Å²) in [5.74, 6) is -2.58. The van der Waals surface area contributed by atoms with E-state index in [0.717, 1.165) is 6.07 Å². The highest BCUT2D eigenvalue weighted by molar-refractivity contribution is 5.42. The van der Waals surface area contributed by atoms with Gasteiger partial charge in [0.05, 0.1) is 5.56 Å². The Labute approximate surface area is 86.5 Å². The summed E-state index contributed by atoms with van der Waals surface area (Å²) in [6.07, 6.45) is -8.21. The summed E-state index contributed by atoms with van der Waals surface area (Å²) in [6.45, 7) is 1.20. The lowest BCUT2D eigenvalue weighted by Crippen LogP contribution is -2.18. The third-order valence-electron chi connectivity index (χ3n) is 1.57. The number of aromatic hydroxyl groups is 1. The molecular formula is C8H6F5NO2. The van der Waals surface area contributed by atoms with Crippen LogP contribution in [-0.4, -0.2) is 16.5 Å². The van der Waals surface area contributed by atoms with Crippen molar-refractivity contribution in [1.29, 1.82) is 0 Å². The van der Waals surface area contributed by atoms with Gasteiger partial charge in [0.25, 0.3) is 12.3 Å². The topological polar surface area (TPSA) is 42.4 Å². The predicted octanol–water partition coefficient (Wildman–Crippen LogP) is 2.93. The summed E-state index contributed by atoms with van der Waals surface area (Å²) in [4.78, 5) is 3.18. The molecule has 0 aromatic carbocycles. The molecule has 0 amide bonds. The van der Waals surface area contributed by atoms with Gasteiger partial charge in [0.2, 0.25) is 0 Å². The Hall–Kier alpha value is -1.60. The number of hydrogen-bond acceptors (Lipinski definition) is 3. The van der Waals surface area contributed by atoms with Crippen molar-refractivity contribution in [3.05, 3.63) is 17.3 Å². The van der Waals surface area contributed by atoms with Crippen molar-refractivity contribution in [2.75, 3.05) is 0 Å². The molecule has 0 aliphatic heterocycles. The first-order valence-electron chi connectivity index (χ1n) is 3.95. The lowest BCUT2D eigenvalue weighted by Gasteiger charge is -2.12. The largest absolute Gasteiger partial charge is 0.574 e. The Bertz CT molecular complexity index is 391. The van der Waals surface area contributed by atoms with E-state index in [4.69, 9.17) is 5.11 Å². The molecular weight excluding hydrogens is 237 g/mol. The smallest absolute Gasteiger partial charge is 0.503 e. The molecule has 0 saturated carbocycles. The van der Waals surface area contributed by atoms with Crippen molar-refractivity contribution in [3.8, 4) is 11.6 Å². The molecule has 8 heteroatoms. The van der Waals surface area contributed by atoms with Gasteiger partial charge in [-0.1, -0.05) is 0 Å². The third kappa shape index (κ3) is 2.94. The van der Waals surface area contributed by atoms with E-state index >= 15 is 0 Å². The number of alkyl halides is 5. The maximum absolute atomic E-state index is 12.3. The minimum atomic E-state index is -5.10. The minimum Gasteiger partial charge on any atom is -0.503 e. The normalized spacial score (nSPS) is 11.9. The van der Waals surface area contributed by atoms with E-state index < -0.39 is 30.0 Å². The van der Waals surface area contributed by atoms with E-state index in [-0.39, 0.29) is 5.69 Å². The first-order chi connectivity index (χ1) is 7.20. The second kappa shape index (κ2) is 4.11. The average molecular weight is 243 g/mol. The van der Waals surface area contributed by atoms with Crippen LogP contribution in [0.1, 0.15) is 17.7 Å². The summed E-state index contributed by atoms with van der Waals surface area (Å²) in [5, 5.41) is 9.08. The predicted molar refractivity (Wildman–Crippen MR) is 42.3 cm³/mol. The number of rotatable bonds is 2. The molecule has 0 spiro atoms. The Morgan fingerprint density at radius 1 is 1.38 bits per heavy atom. The molecule has 0 aliphatic rings. The first-order valence-corrected chi connectivity index (χ1v) is 3.95. The van der Waals surface area contributed by atoms with Crippen LogP contribution in [-0.2, 0) is 0 Å². The highest BCUT2D eigenvalue weighted by Crippen LogP contribution is 2.37. The standard InChI is InChI=1S/C8H6F5NO2/c1-3-2-4(6(9)10)5(15)7(14-3)16-8(11,12)13/h2,6,15H,1H3. The quantitative estimate of drug-likeness (QED) is 0.812. The van der Waals surface area contributed by atoms with E-state index in [9.17, 15) is 22.0 Å². The van der Waals surface area contributed by atoms with Crippen LogP contribution in [0.3, 0.4) is 0 Å². The van der Waals surface area contributed by atoms with Gasteiger partial charge < -0.3 is 9.84 Å². The lowest BCUT2D eigenvalue weighted by atomic mass is 10.2. The van der Waals surface area contributed by atoms with Crippen molar-refractivity contribution in [2.24, 2.45) is 0 Å². The van der Waals surface area contributed by atoms with Gasteiger partial charge in [0.1, 0.15) is 0 Å². The van der Waals surface area contributed by atoms with E-state index in [1.165, 1.54) is 6.92 Å². The Kier molecular flexibility index (Phi) is 3.20. The van der Waals surface area contributed by atoms with Crippen LogP contribution in [0.5, 0.6) is 11.6 Å². The number of hydrogen-bond donors (Lipinski definition) is 1. The molecule has 0 saturated heterocycles. The molecule has 3 nitrogen and oxygen atoms in total. The minimum absolute atomic E-state index is 0.118. The van der Waals surface area contributed by atoms with Crippen LogP contribution in [0.2, 0.25) is 0 Å². The van der Waals surface area contributed by atoms with Crippen LogP contribution in [0.25, 0.3) is 0 Å². The SMILES string of the molecule is Cc1cc(C(F)F)c(O)c(OC(F)(F)F)n1. The van der Waals surface area contributed by atoms with Crippen LogP contribution in [0.15, 0.2) is 6.07 Å². The van der Waals surface area contributed by atoms with Crippen molar-refractivity contribution < 1.29 is 31.8 Å². The van der Waals surface area contributed by atoms with Gasteiger partial charge in [0.15, 0.2) is 5.75 Å². The molecule has 0 radical (unpaired) electrons. The fourth-order valence-electron chi connectivity index (χ4n) is 1.01. The van der Waals surface area contributed by atoms with Crippen LogP contribution >= 0.6 is 0 Å². The number of halogens is 5. The maximum Gasteiger partial charge on any atom is 0.574 e. The third-order valence-corrected chi connectivity index (χ3v) is 1.57. The second-order valence-electron chi connectivity index (χ2n) is 2.86.